The van der Waals surface area contributed by atoms with Gasteiger partial charge in [-0.1, -0.05) is 33.1 Å². The minimum atomic E-state index is -0.0946. The molecule has 0 amide bonds. The summed E-state index contributed by atoms with van der Waals surface area (Å²) in [5, 5.41) is 0. The third-order valence-corrected chi connectivity index (χ3v) is 6.61. The monoisotopic (exact) mass is 324 g/mol. The lowest BCUT2D eigenvalue weighted by Gasteiger charge is -2.31. The van der Waals surface area contributed by atoms with Crippen LogP contribution >= 0.6 is 0 Å². The van der Waals surface area contributed by atoms with Crippen LogP contribution in [0.2, 0.25) is 0 Å². The molecule has 4 heteroatoms. The van der Waals surface area contributed by atoms with Crippen molar-refractivity contribution >= 4 is 5.97 Å². The van der Waals surface area contributed by atoms with Gasteiger partial charge in [0, 0.05) is 6.42 Å². The number of carbonyl (C=O) groups is 1. The first-order valence-electron chi connectivity index (χ1n) is 9.50. The van der Waals surface area contributed by atoms with Gasteiger partial charge < -0.3 is 14.2 Å². The fourth-order valence-corrected chi connectivity index (χ4v) is 5.01. The summed E-state index contributed by atoms with van der Waals surface area (Å²) in [4.78, 5) is 11.7. The zero-order valence-corrected chi connectivity index (χ0v) is 14.7. The molecule has 3 rings (SSSR count). The average molecular weight is 324 g/mol. The van der Waals surface area contributed by atoms with Crippen LogP contribution in [-0.4, -0.2) is 32.1 Å². The van der Waals surface area contributed by atoms with Gasteiger partial charge >= 0.3 is 5.97 Å². The Morgan fingerprint density at radius 3 is 2.70 bits per heavy atom. The Labute approximate surface area is 140 Å². The van der Waals surface area contributed by atoms with Gasteiger partial charge in [-0.3, -0.25) is 4.79 Å². The van der Waals surface area contributed by atoms with Gasteiger partial charge in [0.15, 0.2) is 0 Å². The first kappa shape index (κ1) is 17.2. The number of ether oxygens (including phenoxy) is 3. The van der Waals surface area contributed by atoms with Crippen LogP contribution in [0.5, 0.6) is 0 Å². The third kappa shape index (κ3) is 4.27. The second-order valence-corrected chi connectivity index (χ2v) is 7.93. The Morgan fingerprint density at radius 2 is 2.00 bits per heavy atom. The Kier molecular flexibility index (Phi) is 5.97. The highest BCUT2D eigenvalue weighted by Crippen LogP contribution is 2.56. The van der Waals surface area contributed by atoms with Gasteiger partial charge in [-0.15, -0.1) is 0 Å². The number of carbonyl (C=O) groups excluding carboxylic acids is 1. The quantitative estimate of drug-likeness (QED) is 0.503. The van der Waals surface area contributed by atoms with E-state index in [1.165, 1.54) is 25.7 Å². The maximum Gasteiger partial charge on any atom is 0.305 e. The molecule has 2 bridgehead atoms. The molecule has 0 aromatic rings. The van der Waals surface area contributed by atoms with Crippen LogP contribution in [-0.2, 0) is 19.0 Å². The predicted molar refractivity (Wildman–Crippen MR) is 87.8 cm³/mol. The molecule has 0 N–H and O–H groups in total. The number of fused-ring (bicyclic) bond motifs is 2. The minimum absolute atomic E-state index is 0.0684. The summed E-state index contributed by atoms with van der Waals surface area (Å²) in [6, 6.07) is 0. The van der Waals surface area contributed by atoms with Crippen molar-refractivity contribution in [2.24, 2.45) is 29.6 Å². The molecule has 6 atom stereocenters. The van der Waals surface area contributed by atoms with Crippen molar-refractivity contribution in [3.63, 3.8) is 0 Å². The molecule has 23 heavy (non-hydrogen) atoms. The molecule has 0 spiro atoms. The highest BCUT2D eigenvalue weighted by Gasteiger charge is 2.47. The number of esters is 1. The van der Waals surface area contributed by atoms with E-state index in [0.29, 0.717) is 26.4 Å². The summed E-state index contributed by atoms with van der Waals surface area (Å²) in [5.74, 6) is 4.71. The van der Waals surface area contributed by atoms with E-state index in [-0.39, 0.29) is 12.1 Å². The number of unbranched alkanes of at least 4 members (excludes halogenated alkanes) is 2. The van der Waals surface area contributed by atoms with Gasteiger partial charge in [-0.2, -0.15) is 0 Å². The van der Waals surface area contributed by atoms with Gasteiger partial charge in [0.25, 0.3) is 0 Å². The molecule has 2 aliphatic carbocycles. The summed E-state index contributed by atoms with van der Waals surface area (Å²) >= 11 is 0. The highest BCUT2D eigenvalue weighted by molar-refractivity contribution is 5.69. The van der Waals surface area contributed by atoms with Crippen molar-refractivity contribution in [2.75, 3.05) is 20.0 Å². The van der Waals surface area contributed by atoms with E-state index in [1.807, 2.05) is 0 Å². The molecule has 0 radical (unpaired) electrons. The summed E-state index contributed by atoms with van der Waals surface area (Å²) in [5.41, 5.74) is 0. The Hall–Kier alpha value is -0.610. The molecule has 132 valence electrons. The molecule has 1 aliphatic heterocycles. The second kappa shape index (κ2) is 7.98. The molecular weight excluding hydrogens is 292 g/mol. The summed E-state index contributed by atoms with van der Waals surface area (Å²) in [6.45, 7) is 6.09. The number of hydrogen-bond acceptors (Lipinski definition) is 4. The Balaban J connectivity index is 1.21. The van der Waals surface area contributed by atoms with Crippen LogP contribution in [0.15, 0.2) is 0 Å². The lowest BCUT2D eigenvalue weighted by atomic mass is 9.74. The van der Waals surface area contributed by atoms with E-state index < -0.39 is 0 Å². The molecule has 0 aromatic carbocycles. The van der Waals surface area contributed by atoms with E-state index in [1.54, 1.807) is 0 Å². The zero-order chi connectivity index (χ0) is 16.2. The van der Waals surface area contributed by atoms with Crippen molar-refractivity contribution in [1.82, 2.24) is 0 Å². The summed E-state index contributed by atoms with van der Waals surface area (Å²) in [7, 11) is 0. The second-order valence-electron chi connectivity index (χ2n) is 7.93. The van der Waals surface area contributed by atoms with Gasteiger partial charge in [0.05, 0.1) is 6.61 Å². The van der Waals surface area contributed by atoms with Crippen molar-refractivity contribution < 1.29 is 19.0 Å². The minimum Gasteiger partial charge on any atom is -0.463 e. The van der Waals surface area contributed by atoms with Crippen LogP contribution < -0.4 is 0 Å². The van der Waals surface area contributed by atoms with Crippen molar-refractivity contribution in [1.29, 1.82) is 0 Å². The molecule has 1 saturated heterocycles. The molecule has 0 aromatic heterocycles. The van der Waals surface area contributed by atoms with Crippen LogP contribution in [0.3, 0.4) is 0 Å². The van der Waals surface area contributed by atoms with Crippen LogP contribution in [0.25, 0.3) is 0 Å². The van der Waals surface area contributed by atoms with Gasteiger partial charge in [-0.05, 0) is 48.9 Å². The topological polar surface area (TPSA) is 44.8 Å². The lowest BCUT2D eigenvalue weighted by Crippen LogP contribution is -2.24. The van der Waals surface area contributed by atoms with Gasteiger partial charge in [-0.25, -0.2) is 0 Å². The van der Waals surface area contributed by atoms with Crippen molar-refractivity contribution in [3.05, 3.63) is 0 Å². The number of rotatable bonds is 8. The molecule has 4 nitrogen and oxygen atoms in total. The van der Waals surface area contributed by atoms with E-state index in [0.717, 1.165) is 42.4 Å². The molecule has 2 saturated carbocycles. The summed E-state index contributed by atoms with van der Waals surface area (Å²) < 4.78 is 15.5. The van der Waals surface area contributed by atoms with E-state index in [2.05, 4.69) is 13.8 Å². The first-order valence-corrected chi connectivity index (χ1v) is 9.50. The molecule has 6 unspecified atom stereocenters. The Bertz CT molecular complexity index is 389. The van der Waals surface area contributed by atoms with Crippen LogP contribution in [0.1, 0.15) is 58.8 Å². The SMILES string of the molecule is CC1C2CC(CCCCCC(=O)OCC3COCO3)C(C2)C1C. The maximum atomic E-state index is 11.7. The zero-order valence-electron chi connectivity index (χ0n) is 14.7. The van der Waals surface area contributed by atoms with Crippen LogP contribution in [0.4, 0.5) is 0 Å². The molecule has 3 aliphatic rings. The van der Waals surface area contributed by atoms with Crippen molar-refractivity contribution in [2.45, 2.75) is 64.9 Å². The largest absolute Gasteiger partial charge is 0.463 e. The standard InChI is InChI=1S/C19H32O4/c1-13-14(2)18-9-16(13)8-15(18)6-4-3-5-7-19(20)22-11-17-10-21-12-23-17/h13-18H,3-12H2,1-2H3. The smallest absolute Gasteiger partial charge is 0.305 e. The predicted octanol–water partition coefficient (Wildman–Crippen LogP) is 3.78. The van der Waals surface area contributed by atoms with Crippen molar-refractivity contribution in [3.8, 4) is 0 Å². The van der Waals surface area contributed by atoms with Gasteiger partial charge in [0.1, 0.15) is 19.5 Å². The first-order chi connectivity index (χ1) is 11.1. The average Bonchev–Trinajstić information content (AvgIpc) is 3.25. The van der Waals surface area contributed by atoms with E-state index in [4.69, 9.17) is 14.2 Å². The van der Waals surface area contributed by atoms with Crippen LogP contribution in [0, 0.1) is 29.6 Å². The Morgan fingerprint density at radius 1 is 1.13 bits per heavy atom. The molecule has 3 fully saturated rings. The van der Waals surface area contributed by atoms with Gasteiger partial charge in [0.2, 0.25) is 0 Å². The fraction of sp³-hybridized carbons (Fsp3) is 0.947. The maximum absolute atomic E-state index is 11.7. The van der Waals surface area contributed by atoms with E-state index in [9.17, 15) is 4.79 Å². The summed E-state index contributed by atoms with van der Waals surface area (Å²) in [6.07, 6.45) is 8.14. The molecular formula is C19H32O4. The number of hydrogen-bond donors (Lipinski definition) is 0. The van der Waals surface area contributed by atoms with E-state index >= 15 is 0 Å². The normalized spacial score (nSPS) is 39.0. The third-order valence-electron chi connectivity index (χ3n) is 6.61. The highest BCUT2D eigenvalue weighted by atomic mass is 16.7. The lowest BCUT2D eigenvalue weighted by molar-refractivity contribution is -0.146. The molecule has 1 heterocycles. The fourth-order valence-electron chi connectivity index (χ4n) is 5.01.